The smallest absolute Gasteiger partial charge is 0.230 e. The first kappa shape index (κ1) is 22.6. The molecule has 2 amide bonds. The van der Waals surface area contributed by atoms with Crippen molar-refractivity contribution < 1.29 is 14.3 Å². The average Bonchev–Trinajstić information content (AvgIpc) is 2.71. The fraction of sp³-hybridized carbons (Fsp3) is 0.304. The number of allylic oxidation sites excluding steroid dienone is 1. The van der Waals surface area contributed by atoms with Crippen LogP contribution in [0.1, 0.15) is 32.6 Å². The number of thioether (sulfide) groups is 1. The number of unbranched alkanes of at least 4 members (excludes halogenated alkanes) is 2. The summed E-state index contributed by atoms with van der Waals surface area (Å²) in [4.78, 5) is 24.6. The van der Waals surface area contributed by atoms with Crippen molar-refractivity contribution in [2.45, 2.75) is 32.6 Å². The number of carbonyl (C=O) groups excluding carboxylic acids is 2. The van der Waals surface area contributed by atoms with Crippen molar-refractivity contribution in [3.63, 3.8) is 0 Å². The quantitative estimate of drug-likeness (QED) is 0.461. The number of benzene rings is 2. The summed E-state index contributed by atoms with van der Waals surface area (Å²) in [5, 5.41) is 5.77. The Morgan fingerprint density at radius 3 is 2.31 bits per heavy atom. The maximum atomic E-state index is 12.1. The lowest BCUT2D eigenvalue weighted by Crippen LogP contribution is -2.26. The van der Waals surface area contributed by atoms with Crippen LogP contribution in [0.5, 0.6) is 11.5 Å². The normalized spacial score (nSPS) is 10.2. The van der Waals surface area contributed by atoms with Gasteiger partial charge in [0, 0.05) is 18.7 Å². The second-order valence-corrected chi connectivity index (χ2v) is 7.91. The summed E-state index contributed by atoms with van der Waals surface area (Å²) in [5.41, 5.74) is 0.748. The van der Waals surface area contributed by atoms with E-state index in [1.54, 1.807) is 0 Å². The molecule has 0 fully saturated rings. The highest BCUT2D eigenvalue weighted by Gasteiger charge is 2.04. The van der Waals surface area contributed by atoms with E-state index < -0.39 is 0 Å². The van der Waals surface area contributed by atoms with E-state index >= 15 is 0 Å². The molecule has 0 aliphatic heterocycles. The zero-order valence-electron chi connectivity index (χ0n) is 16.8. The molecule has 0 unspecified atom stereocenters. The van der Waals surface area contributed by atoms with Gasteiger partial charge < -0.3 is 15.4 Å². The average molecular weight is 413 g/mol. The first-order valence-electron chi connectivity index (χ1n) is 9.71. The number of nitrogens with one attached hydrogen (secondary N) is 2. The number of rotatable bonds is 12. The zero-order valence-corrected chi connectivity index (χ0v) is 17.6. The minimum absolute atomic E-state index is 0.0105. The van der Waals surface area contributed by atoms with E-state index in [0.717, 1.165) is 41.4 Å². The summed E-state index contributed by atoms with van der Waals surface area (Å²) >= 11 is 1.45. The molecule has 0 spiro atoms. The fourth-order valence-electron chi connectivity index (χ4n) is 2.51. The van der Waals surface area contributed by atoms with Crippen LogP contribution in [0.15, 0.2) is 66.1 Å². The Kier molecular flexibility index (Phi) is 9.86. The van der Waals surface area contributed by atoms with Crippen molar-refractivity contribution >= 4 is 29.3 Å². The highest BCUT2D eigenvalue weighted by molar-refractivity contribution is 8.03. The number of para-hydroxylation sites is 1. The van der Waals surface area contributed by atoms with Gasteiger partial charge in [-0.15, -0.1) is 11.8 Å². The Hall–Kier alpha value is -2.73. The van der Waals surface area contributed by atoms with Crippen molar-refractivity contribution in [1.29, 1.82) is 0 Å². The summed E-state index contributed by atoms with van der Waals surface area (Å²) in [7, 11) is 0. The molecule has 2 aromatic rings. The first-order chi connectivity index (χ1) is 14.0. The Morgan fingerprint density at radius 2 is 1.62 bits per heavy atom. The van der Waals surface area contributed by atoms with Crippen LogP contribution in [0, 0.1) is 0 Å². The zero-order chi connectivity index (χ0) is 20.9. The van der Waals surface area contributed by atoms with Crippen LogP contribution in [0.4, 0.5) is 5.69 Å². The number of hydrogen-bond acceptors (Lipinski definition) is 4. The topological polar surface area (TPSA) is 67.4 Å². The minimum atomic E-state index is -0.0105. The summed E-state index contributed by atoms with van der Waals surface area (Å²) < 4.78 is 5.74. The van der Waals surface area contributed by atoms with Crippen molar-refractivity contribution in [1.82, 2.24) is 5.32 Å². The van der Waals surface area contributed by atoms with Gasteiger partial charge >= 0.3 is 0 Å². The molecule has 0 saturated heterocycles. The Balaban J connectivity index is 1.58. The fourth-order valence-corrected chi connectivity index (χ4v) is 2.99. The van der Waals surface area contributed by atoms with Gasteiger partial charge in [-0.1, -0.05) is 31.2 Å². The van der Waals surface area contributed by atoms with Gasteiger partial charge in [0.25, 0.3) is 0 Å². The predicted octanol–water partition coefficient (Wildman–Crippen LogP) is 5.36. The third kappa shape index (κ3) is 9.85. The van der Waals surface area contributed by atoms with Crippen LogP contribution in [-0.4, -0.2) is 24.1 Å². The van der Waals surface area contributed by atoms with Gasteiger partial charge in [0.1, 0.15) is 11.5 Å². The Morgan fingerprint density at radius 1 is 0.931 bits per heavy atom. The lowest BCUT2D eigenvalue weighted by atomic mass is 10.2. The van der Waals surface area contributed by atoms with E-state index in [9.17, 15) is 9.59 Å². The Bertz CT molecular complexity index is 792. The second kappa shape index (κ2) is 12.7. The van der Waals surface area contributed by atoms with Crippen LogP contribution in [0.2, 0.25) is 0 Å². The van der Waals surface area contributed by atoms with E-state index in [1.807, 2.05) is 61.5 Å². The third-order valence-corrected chi connectivity index (χ3v) is 4.87. The molecule has 29 heavy (non-hydrogen) atoms. The van der Waals surface area contributed by atoms with Gasteiger partial charge in [0.05, 0.1) is 5.75 Å². The molecule has 2 rings (SSSR count). The van der Waals surface area contributed by atoms with Gasteiger partial charge in [-0.2, -0.15) is 0 Å². The van der Waals surface area contributed by atoms with Gasteiger partial charge in [-0.25, -0.2) is 0 Å². The maximum absolute atomic E-state index is 12.1. The lowest BCUT2D eigenvalue weighted by Gasteiger charge is -2.08. The van der Waals surface area contributed by atoms with Crippen molar-refractivity contribution in [2.24, 2.45) is 0 Å². The van der Waals surface area contributed by atoms with Crippen molar-refractivity contribution in [3.8, 4) is 11.5 Å². The largest absolute Gasteiger partial charge is 0.457 e. The van der Waals surface area contributed by atoms with Crippen LogP contribution >= 0.6 is 11.8 Å². The van der Waals surface area contributed by atoms with E-state index in [0.29, 0.717) is 18.7 Å². The van der Waals surface area contributed by atoms with Crippen LogP contribution in [0.3, 0.4) is 0 Å². The van der Waals surface area contributed by atoms with E-state index in [-0.39, 0.29) is 11.8 Å². The minimum Gasteiger partial charge on any atom is -0.457 e. The van der Waals surface area contributed by atoms with E-state index in [4.69, 9.17) is 4.74 Å². The number of hydrogen-bond donors (Lipinski definition) is 2. The molecule has 0 bridgehead atoms. The number of ether oxygens (including phenoxy) is 1. The molecule has 0 atom stereocenters. The van der Waals surface area contributed by atoms with Gasteiger partial charge in [0.2, 0.25) is 11.8 Å². The van der Waals surface area contributed by atoms with Crippen molar-refractivity contribution in [3.05, 3.63) is 66.1 Å². The summed E-state index contributed by atoms with van der Waals surface area (Å²) in [6.45, 7) is 6.28. The molecule has 0 aromatic heterocycles. The number of anilines is 1. The van der Waals surface area contributed by atoms with Crippen LogP contribution in [-0.2, 0) is 9.59 Å². The molecular formula is C23H28N2O3S. The van der Waals surface area contributed by atoms with Crippen LogP contribution in [0.25, 0.3) is 0 Å². The van der Waals surface area contributed by atoms with E-state index in [2.05, 4.69) is 17.2 Å². The second-order valence-electron chi connectivity index (χ2n) is 6.64. The monoisotopic (exact) mass is 412 g/mol. The molecule has 2 N–H and O–H groups in total. The number of amides is 2. The standard InChI is InChI=1S/C23H28N2O3S/c1-18(2)29-17-23(27)24-16-8-4-7-11-22(26)25-19-12-14-21(15-13-19)28-20-9-5-3-6-10-20/h3,5-6,9-10,12-15H,1,4,7-8,11,16-17H2,2H3,(H,24,27)(H,25,26). The van der Waals surface area contributed by atoms with Gasteiger partial charge in [-0.05, 0) is 61.1 Å². The predicted molar refractivity (Wildman–Crippen MR) is 120 cm³/mol. The summed E-state index contributed by atoms with van der Waals surface area (Å²) in [6.07, 6.45) is 3.01. The molecule has 6 heteroatoms. The SMILES string of the molecule is C=C(C)SCC(=O)NCCCCCC(=O)Nc1ccc(Oc2ccccc2)cc1. The van der Waals surface area contributed by atoms with Gasteiger partial charge in [0.15, 0.2) is 0 Å². The highest BCUT2D eigenvalue weighted by Crippen LogP contribution is 2.22. The molecular weight excluding hydrogens is 384 g/mol. The molecule has 0 aliphatic carbocycles. The number of carbonyl (C=O) groups is 2. The molecule has 0 saturated carbocycles. The third-order valence-electron chi connectivity index (χ3n) is 3.97. The maximum Gasteiger partial charge on any atom is 0.230 e. The van der Waals surface area contributed by atoms with Crippen LogP contribution < -0.4 is 15.4 Å². The summed E-state index contributed by atoms with van der Waals surface area (Å²) in [5.74, 6) is 1.92. The highest BCUT2D eigenvalue weighted by atomic mass is 32.2. The molecule has 0 heterocycles. The van der Waals surface area contributed by atoms with E-state index in [1.165, 1.54) is 11.8 Å². The molecule has 5 nitrogen and oxygen atoms in total. The van der Waals surface area contributed by atoms with Crippen molar-refractivity contribution in [2.75, 3.05) is 17.6 Å². The summed E-state index contributed by atoms with van der Waals surface area (Å²) in [6, 6.07) is 16.9. The molecule has 2 aromatic carbocycles. The van der Waals surface area contributed by atoms with Gasteiger partial charge in [-0.3, -0.25) is 9.59 Å². The first-order valence-corrected chi connectivity index (χ1v) is 10.7. The molecule has 0 aliphatic rings. The molecule has 0 radical (unpaired) electrons. The molecule has 154 valence electrons. The Labute approximate surface area is 176 Å². The lowest BCUT2D eigenvalue weighted by molar-refractivity contribution is -0.118.